The zero-order valence-corrected chi connectivity index (χ0v) is 9.22. The molecule has 0 unspecified atom stereocenters. The highest BCUT2D eigenvalue weighted by Crippen LogP contribution is 2.23. The molecule has 17 heavy (non-hydrogen) atoms. The SMILES string of the molecule is NC1C(=O)N(c2ccc(S(=O)(=O)O)cc2)C1=O. The summed E-state index contributed by atoms with van der Waals surface area (Å²) in [6, 6.07) is 3.52. The third-order valence-corrected chi connectivity index (χ3v) is 3.23. The van der Waals surface area contributed by atoms with Crippen molar-refractivity contribution in [2.75, 3.05) is 4.90 Å². The predicted octanol–water partition coefficient (Wildman–Crippen LogP) is -0.866. The van der Waals surface area contributed by atoms with E-state index in [2.05, 4.69) is 0 Å². The molecular formula is C9H8N2O5S. The van der Waals surface area contributed by atoms with E-state index < -0.39 is 28.0 Å². The Hall–Kier alpha value is -1.77. The number of nitrogens with zero attached hydrogens (tertiary/aromatic N) is 1. The first-order chi connectivity index (χ1) is 7.82. The Labute approximate surface area is 96.6 Å². The third-order valence-electron chi connectivity index (χ3n) is 2.37. The molecule has 1 fully saturated rings. The van der Waals surface area contributed by atoms with Crippen LogP contribution in [0.1, 0.15) is 0 Å². The van der Waals surface area contributed by atoms with Gasteiger partial charge in [0.1, 0.15) is 0 Å². The zero-order valence-electron chi connectivity index (χ0n) is 8.40. The predicted molar refractivity (Wildman–Crippen MR) is 56.7 cm³/mol. The number of β-lactam (4-membered cyclic amide) rings is 2. The lowest BCUT2D eigenvalue weighted by Crippen LogP contribution is -2.66. The molecule has 0 aromatic heterocycles. The highest BCUT2D eigenvalue weighted by atomic mass is 32.2. The fraction of sp³-hybridized carbons (Fsp3) is 0.111. The Kier molecular flexibility index (Phi) is 2.49. The molecule has 2 amide bonds. The number of hydrogen-bond acceptors (Lipinski definition) is 5. The molecule has 0 aliphatic carbocycles. The number of nitrogens with two attached hydrogens (primary N) is 1. The van der Waals surface area contributed by atoms with E-state index in [1.807, 2.05) is 0 Å². The van der Waals surface area contributed by atoms with Gasteiger partial charge in [0.05, 0.1) is 10.6 Å². The van der Waals surface area contributed by atoms with Gasteiger partial charge in [0.2, 0.25) is 0 Å². The summed E-state index contributed by atoms with van der Waals surface area (Å²) < 4.78 is 30.3. The Morgan fingerprint density at radius 2 is 1.59 bits per heavy atom. The molecular weight excluding hydrogens is 248 g/mol. The number of carbonyl (C=O) groups is 2. The van der Waals surface area contributed by atoms with Gasteiger partial charge in [-0.05, 0) is 24.3 Å². The van der Waals surface area contributed by atoms with E-state index in [1.165, 1.54) is 12.1 Å². The first-order valence-corrected chi connectivity index (χ1v) is 5.97. The van der Waals surface area contributed by atoms with Crippen molar-refractivity contribution in [1.82, 2.24) is 0 Å². The highest BCUT2D eigenvalue weighted by Gasteiger charge is 2.44. The van der Waals surface area contributed by atoms with Crippen LogP contribution in [0.3, 0.4) is 0 Å². The van der Waals surface area contributed by atoms with Crippen molar-refractivity contribution >= 4 is 27.6 Å². The van der Waals surface area contributed by atoms with Gasteiger partial charge in [-0.3, -0.25) is 14.1 Å². The van der Waals surface area contributed by atoms with Crippen molar-refractivity contribution < 1.29 is 22.6 Å². The number of imide groups is 1. The molecule has 0 saturated carbocycles. The average molecular weight is 256 g/mol. The molecule has 1 aromatic rings. The number of benzene rings is 1. The first kappa shape index (κ1) is 11.7. The van der Waals surface area contributed by atoms with Gasteiger partial charge in [0, 0.05) is 0 Å². The monoisotopic (exact) mass is 256 g/mol. The Morgan fingerprint density at radius 3 is 2.00 bits per heavy atom. The summed E-state index contributed by atoms with van der Waals surface area (Å²) in [6.07, 6.45) is 0. The van der Waals surface area contributed by atoms with Crippen LogP contribution in [0.2, 0.25) is 0 Å². The van der Waals surface area contributed by atoms with Gasteiger partial charge in [-0.15, -0.1) is 0 Å². The number of anilines is 1. The van der Waals surface area contributed by atoms with Crippen molar-refractivity contribution in [3.8, 4) is 0 Å². The van der Waals surface area contributed by atoms with Crippen LogP contribution < -0.4 is 10.6 Å². The minimum absolute atomic E-state index is 0.217. The average Bonchev–Trinajstić information content (AvgIpc) is 2.28. The fourth-order valence-electron chi connectivity index (χ4n) is 1.45. The maximum absolute atomic E-state index is 11.3. The molecule has 0 bridgehead atoms. The Bertz CT molecular complexity index is 576. The van der Waals surface area contributed by atoms with Gasteiger partial charge in [-0.1, -0.05) is 0 Å². The van der Waals surface area contributed by atoms with E-state index in [-0.39, 0.29) is 10.6 Å². The van der Waals surface area contributed by atoms with Crippen molar-refractivity contribution in [3.63, 3.8) is 0 Å². The summed E-state index contributed by atoms with van der Waals surface area (Å²) in [5, 5.41) is 0. The van der Waals surface area contributed by atoms with E-state index in [0.29, 0.717) is 0 Å². The summed E-state index contributed by atoms with van der Waals surface area (Å²) in [7, 11) is -4.28. The second-order valence-corrected chi connectivity index (χ2v) is 4.88. The van der Waals surface area contributed by atoms with Crippen molar-refractivity contribution in [2.45, 2.75) is 10.9 Å². The largest absolute Gasteiger partial charge is 0.312 e. The number of rotatable bonds is 2. The van der Waals surface area contributed by atoms with Crippen LogP contribution in [0, 0.1) is 0 Å². The Balaban J connectivity index is 2.32. The molecule has 0 atom stereocenters. The smallest absolute Gasteiger partial charge is 0.294 e. The van der Waals surface area contributed by atoms with Crippen LogP contribution in [0.25, 0.3) is 0 Å². The zero-order chi connectivity index (χ0) is 12.8. The first-order valence-electron chi connectivity index (χ1n) is 4.53. The number of carbonyl (C=O) groups excluding carboxylic acids is 2. The Morgan fingerprint density at radius 1 is 1.12 bits per heavy atom. The van der Waals surface area contributed by atoms with Crippen LogP contribution in [0.15, 0.2) is 29.2 Å². The maximum atomic E-state index is 11.3. The summed E-state index contributed by atoms with van der Waals surface area (Å²) in [4.78, 5) is 23.1. The summed E-state index contributed by atoms with van der Waals surface area (Å²) in [5.41, 5.74) is 5.43. The van der Waals surface area contributed by atoms with Gasteiger partial charge in [-0.25, -0.2) is 4.90 Å². The van der Waals surface area contributed by atoms with E-state index in [4.69, 9.17) is 10.3 Å². The molecule has 0 spiro atoms. The minimum Gasteiger partial charge on any atom is -0.312 e. The quantitative estimate of drug-likeness (QED) is 0.403. The summed E-state index contributed by atoms with van der Waals surface area (Å²) in [5.74, 6) is -1.09. The molecule has 1 aromatic carbocycles. The lowest BCUT2D eigenvalue weighted by atomic mass is 10.1. The lowest BCUT2D eigenvalue weighted by molar-refractivity contribution is -0.138. The second kappa shape index (κ2) is 3.62. The molecule has 1 saturated heterocycles. The van der Waals surface area contributed by atoms with E-state index >= 15 is 0 Å². The van der Waals surface area contributed by atoms with Gasteiger partial charge in [0.25, 0.3) is 21.9 Å². The molecule has 90 valence electrons. The molecule has 7 nitrogen and oxygen atoms in total. The number of hydrogen-bond donors (Lipinski definition) is 2. The van der Waals surface area contributed by atoms with Gasteiger partial charge < -0.3 is 5.73 Å². The molecule has 3 N–H and O–H groups in total. The molecule has 8 heteroatoms. The molecule has 2 rings (SSSR count). The van der Waals surface area contributed by atoms with E-state index in [1.54, 1.807) is 0 Å². The van der Waals surface area contributed by atoms with Crippen LogP contribution in [0.4, 0.5) is 5.69 Å². The van der Waals surface area contributed by atoms with Gasteiger partial charge in [0.15, 0.2) is 6.04 Å². The molecule has 1 heterocycles. The topological polar surface area (TPSA) is 118 Å². The van der Waals surface area contributed by atoms with Crippen LogP contribution in [-0.4, -0.2) is 30.8 Å². The standard InChI is InChI=1S/C9H8N2O5S/c10-7-8(12)11(9(7)13)5-1-3-6(4-2-5)17(14,15)16/h1-4,7H,10H2,(H,14,15,16). The maximum Gasteiger partial charge on any atom is 0.294 e. The van der Waals surface area contributed by atoms with Gasteiger partial charge >= 0.3 is 0 Å². The fourth-order valence-corrected chi connectivity index (χ4v) is 1.93. The molecule has 0 radical (unpaired) electrons. The second-order valence-electron chi connectivity index (χ2n) is 3.46. The van der Waals surface area contributed by atoms with Gasteiger partial charge in [-0.2, -0.15) is 8.42 Å². The van der Waals surface area contributed by atoms with Crippen LogP contribution >= 0.6 is 0 Å². The van der Waals surface area contributed by atoms with Crippen molar-refractivity contribution in [3.05, 3.63) is 24.3 Å². The summed E-state index contributed by atoms with van der Waals surface area (Å²) in [6.45, 7) is 0. The minimum atomic E-state index is -4.28. The van der Waals surface area contributed by atoms with Crippen molar-refractivity contribution in [1.29, 1.82) is 0 Å². The number of amides is 2. The molecule has 1 aliphatic rings. The lowest BCUT2D eigenvalue weighted by Gasteiger charge is -2.33. The van der Waals surface area contributed by atoms with Crippen LogP contribution in [-0.2, 0) is 19.7 Å². The normalized spacial score (nSPS) is 17.2. The molecule has 1 aliphatic heterocycles. The van der Waals surface area contributed by atoms with E-state index in [0.717, 1.165) is 17.0 Å². The third kappa shape index (κ3) is 1.82. The van der Waals surface area contributed by atoms with Crippen LogP contribution in [0.5, 0.6) is 0 Å². The highest BCUT2D eigenvalue weighted by molar-refractivity contribution is 7.85. The summed E-state index contributed by atoms with van der Waals surface area (Å²) >= 11 is 0. The van der Waals surface area contributed by atoms with Crippen molar-refractivity contribution in [2.24, 2.45) is 5.73 Å². The van der Waals surface area contributed by atoms with E-state index in [9.17, 15) is 18.0 Å².